The van der Waals surface area contributed by atoms with Crippen molar-refractivity contribution in [2.75, 3.05) is 20.3 Å². The zero-order chi connectivity index (χ0) is 16.9. The summed E-state index contributed by atoms with van der Waals surface area (Å²) in [7, 11) is 1.60. The number of nitrogens with zero attached hydrogens (tertiary/aromatic N) is 1. The molecule has 0 atom stereocenters. The second-order valence-corrected chi connectivity index (χ2v) is 6.19. The quantitative estimate of drug-likeness (QED) is 0.731. The summed E-state index contributed by atoms with van der Waals surface area (Å²) in [5.74, 6) is 0.486. The van der Waals surface area contributed by atoms with E-state index < -0.39 is 0 Å². The van der Waals surface area contributed by atoms with Gasteiger partial charge in [0.2, 0.25) is 0 Å². The maximum Gasteiger partial charge on any atom is 0.269 e. The van der Waals surface area contributed by atoms with E-state index in [0.29, 0.717) is 30.1 Å². The van der Waals surface area contributed by atoms with Crippen LogP contribution in [0.2, 0.25) is 0 Å². The Morgan fingerprint density at radius 2 is 2.13 bits per heavy atom. The first-order chi connectivity index (χ1) is 11.0. The molecule has 6 nitrogen and oxygen atoms in total. The van der Waals surface area contributed by atoms with Gasteiger partial charge in [0, 0.05) is 18.7 Å². The first kappa shape index (κ1) is 17.0. The van der Waals surface area contributed by atoms with Crippen molar-refractivity contribution in [3.63, 3.8) is 0 Å². The molecule has 124 valence electrons. The molecule has 0 aliphatic rings. The van der Waals surface area contributed by atoms with Crippen LogP contribution in [0.4, 0.5) is 0 Å². The van der Waals surface area contributed by atoms with Gasteiger partial charge in [-0.25, -0.2) is 0 Å². The SMILES string of the molecule is COc1ccccc1-c1cc(C(=O)NCC(C)(C)CCO)[nH]n1. The van der Waals surface area contributed by atoms with Crippen molar-refractivity contribution in [2.45, 2.75) is 20.3 Å². The van der Waals surface area contributed by atoms with Crippen LogP contribution in [0.1, 0.15) is 30.8 Å². The summed E-state index contributed by atoms with van der Waals surface area (Å²) in [4.78, 5) is 12.2. The summed E-state index contributed by atoms with van der Waals surface area (Å²) >= 11 is 0. The summed E-state index contributed by atoms with van der Waals surface area (Å²) in [6.07, 6.45) is 0.628. The minimum absolute atomic E-state index is 0.102. The van der Waals surface area contributed by atoms with E-state index in [4.69, 9.17) is 9.84 Å². The molecule has 0 bridgehead atoms. The Morgan fingerprint density at radius 1 is 1.39 bits per heavy atom. The highest BCUT2D eigenvalue weighted by atomic mass is 16.5. The van der Waals surface area contributed by atoms with E-state index in [-0.39, 0.29) is 17.9 Å². The molecule has 1 heterocycles. The molecule has 0 saturated carbocycles. The van der Waals surface area contributed by atoms with Crippen molar-refractivity contribution < 1.29 is 14.6 Å². The molecule has 23 heavy (non-hydrogen) atoms. The molecule has 1 aromatic heterocycles. The zero-order valence-corrected chi connectivity index (χ0v) is 13.7. The van der Waals surface area contributed by atoms with Crippen LogP contribution in [0.3, 0.4) is 0 Å². The average Bonchev–Trinajstić information content (AvgIpc) is 3.02. The Balaban J connectivity index is 2.08. The minimum atomic E-state index is -0.218. The number of aromatic nitrogens is 2. The number of nitrogens with one attached hydrogen (secondary N) is 2. The number of carbonyl (C=O) groups excluding carboxylic acids is 1. The third-order valence-corrected chi connectivity index (χ3v) is 3.72. The fourth-order valence-corrected chi connectivity index (χ4v) is 2.24. The van der Waals surface area contributed by atoms with Crippen LogP contribution in [-0.2, 0) is 0 Å². The molecule has 3 N–H and O–H groups in total. The lowest BCUT2D eigenvalue weighted by atomic mass is 9.90. The number of ether oxygens (including phenoxy) is 1. The molecular formula is C17H23N3O3. The fraction of sp³-hybridized carbons (Fsp3) is 0.412. The van der Waals surface area contributed by atoms with E-state index in [1.165, 1.54) is 0 Å². The number of aromatic amines is 1. The Morgan fingerprint density at radius 3 is 2.83 bits per heavy atom. The molecule has 0 unspecified atom stereocenters. The number of benzene rings is 1. The fourth-order valence-electron chi connectivity index (χ4n) is 2.24. The molecule has 6 heteroatoms. The van der Waals surface area contributed by atoms with E-state index >= 15 is 0 Å². The Labute approximate surface area is 135 Å². The lowest BCUT2D eigenvalue weighted by Crippen LogP contribution is -2.34. The average molecular weight is 317 g/mol. The second kappa shape index (κ2) is 7.28. The molecule has 1 amide bonds. The maximum atomic E-state index is 12.2. The predicted molar refractivity (Wildman–Crippen MR) is 88.4 cm³/mol. The van der Waals surface area contributed by atoms with Crippen molar-refractivity contribution in [2.24, 2.45) is 5.41 Å². The van der Waals surface area contributed by atoms with Gasteiger partial charge in [0.15, 0.2) is 0 Å². The summed E-state index contributed by atoms with van der Waals surface area (Å²) in [6.45, 7) is 4.58. The zero-order valence-electron chi connectivity index (χ0n) is 13.7. The Hall–Kier alpha value is -2.34. The topological polar surface area (TPSA) is 87.2 Å². The number of amides is 1. The number of rotatable bonds is 7. The van der Waals surface area contributed by atoms with Crippen LogP contribution in [-0.4, -0.2) is 41.5 Å². The number of para-hydroxylation sites is 1. The molecule has 1 aromatic carbocycles. The minimum Gasteiger partial charge on any atom is -0.496 e. The Bertz CT molecular complexity index is 665. The Kier molecular flexibility index (Phi) is 5.39. The number of aliphatic hydroxyl groups is 1. The highest BCUT2D eigenvalue weighted by Crippen LogP contribution is 2.28. The maximum absolute atomic E-state index is 12.2. The lowest BCUT2D eigenvalue weighted by molar-refractivity contribution is 0.0923. The van der Waals surface area contributed by atoms with Crippen LogP contribution in [0.25, 0.3) is 11.3 Å². The first-order valence-corrected chi connectivity index (χ1v) is 7.55. The number of carbonyl (C=O) groups is 1. The molecular weight excluding hydrogens is 294 g/mol. The van der Waals surface area contributed by atoms with Crippen molar-refractivity contribution in [3.05, 3.63) is 36.0 Å². The van der Waals surface area contributed by atoms with E-state index in [0.717, 1.165) is 5.56 Å². The van der Waals surface area contributed by atoms with Crippen LogP contribution in [0, 0.1) is 5.41 Å². The summed E-state index contributed by atoms with van der Waals surface area (Å²) in [6, 6.07) is 9.21. The van der Waals surface area contributed by atoms with Gasteiger partial charge >= 0.3 is 0 Å². The normalized spacial score (nSPS) is 11.3. The van der Waals surface area contributed by atoms with Crippen LogP contribution >= 0.6 is 0 Å². The van der Waals surface area contributed by atoms with Crippen LogP contribution in [0.15, 0.2) is 30.3 Å². The van der Waals surface area contributed by atoms with Crippen molar-refractivity contribution in [1.29, 1.82) is 0 Å². The third-order valence-electron chi connectivity index (χ3n) is 3.72. The molecule has 0 aliphatic heterocycles. The van der Waals surface area contributed by atoms with E-state index in [1.54, 1.807) is 13.2 Å². The van der Waals surface area contributed by atoms with Gasteiger partial charge < -0.3 is 15.2 Å². The van der Waals surface area contributed by atoms with E-state index in [9.17, 15) is 4.79 Å². The number of aliphatic hydroxyl groups excluding tert-OH is 1. The number of hydrogen-bond acceptors (Lipinski definition) is 4. The number of hydrogen-bond donors (Lipinski definition) is 3. The second-order valence-electron chi connectivity index (χ2n) is 6.19. The van der Waals surface area contributed by atoms with Gasteiger partial charge in [-0.1, -0.05) is 26.0 Å². The third kappa shape index (κ3) is 4.32. The number of methoxy groups -OCH3 is 1. The van der Waals surface area contributed by atoms with Gasteiger partial charge in [-0.3, -0.25) is 9.89 Å². The standard InChI is InChI=1S/C17H23N3O3/c1-17(2,8-9-21)11-18-16(22)14-10-13(19-20-14)12-6-4-5-7-15(12)23-3/h4-7,10,21H,8-9,11H2,1-3H3,(H,18,22)(H,19,20). The lowest BCUT2D eigenvalue weighted by Gasteiger charge is -2.23. The van der Waals surface area contributed by atoms with Gasteiger partial charge in [0.25, 0.3) is 5.91 Å². The van der Waals surface area contributed by atoms with E-state index in [2.05, 4.69) is 15.5 Å². The molecule has 0 fully saturated rings. The van der Waals surface area contributed by atoms with Gasteiger partial charge in [-0.2, -0.15) is 5.10 Å². The first-order valence-electron chi connectivity index (χ1n) is 7.55. The molecule has 0 aliphatic carbocycles. The molecule has 0 radical (unpaired) electrons. The summed E-state index contributed by atoms with van der Waals surface area (Å²) < 4.78 is 5.31. The van der Waals surface area contributed by atoms with Crippen LogP contribution in [0.5, 0.6) is 5.75 Å². The van der Waals surface area contributed by atoms with Crippen molar-refractivity contribution in [1.82, 2.24) is 15.5 Å². The summed E-state index contributed by atoms with van der Waals surface area (Å²) in [5.41, 5.74) is 1.72. The molecule has 2 rings (SSSR count). The molecule has 0 saturated heterocycles. The van der Waals surface area contributed by atoms with Gasteiger partial charge in [0.05, 0.1) is 12.8 Å². The van der Waals surface area contributed by atoms with E-state index in [1.807, 2.05) is 38.1 Å². The smallest absolute Gasteiger partial charge is 0.269 e. The van der Waals surface area contributed by atoms with Gasteiger partial charge in [-0.05, 0) is 30.0 Å². The number of H-pyrrole nitrogens is 1. The summed E-state index contributed by atoms with van der Waals surface area (Å²) in [5, 5.41) is 18.8. The van der Waals surface area contributed by atoms with Gasteiger partial charge in [-0.15, -0.1) is 0 Å². The largest absolute Gasteiger partial charge is 0.496 e. The van der Waals surface area contributed by atoms with Gasteiger partial charge in [0.1, 0.15) is 11.4 Å². The van der Waals surface area contributed by atoms with Crippen LogP contribution < -0.4 is 10.1 Å². The van der Waals surface area contributed by atoms with Crippen molar-refractivity contribution >= 4 is 5.91 Å². The molecule has 2 aromatic rings. The highest BCUT2D eigenvalue weighted by Gasteiger charge is 2.20. The predicted octanol–water partition coefficient (Wildman–Crippen LogP) is 2.22. The molecule has 0 spiro atoms. The monoisotopic (exact) mass is 317 g/mol. The van der Waals surface area contributed by atoms with Crippen molar-refractivity contribution in [3.8, 4) is 17.0 Å². The highest BCUT2D eigenvalue weighted by molar-refractivity contribution is 5.93.